The van der Waals surface area contributed by atoms with E-state index in [1.54, 1.807) is 12.1 Å². The predicted molar refractivity (Wildman–Crippen MR) is 135 cm³/mol. The number of hydrogen-bond donors (Lipinski definition) is 0. The molecule has 0 spiro atoms. The highest BCUT2D eigenvalue weighted by molar-refractivity contribution is 5.89. The van der Waals surface area contributed by atoms with Gasteiger partial charge >= 0.3 is 17.9 Å². The van der Waals surface area contributed by atoms with E-state index in [-0.39, 0.29) is 5.97 Å². The van der Waals surface area contributed by atoms with Gasteiger partial charge in [-0.1, -0.05) is 64.1 Å². The molecule has 1 aliphatic carbocycles. The molecule has 6 nitrogen and oxygen atoms in total. The van der Waals surface area contributed by atoms with Crippen LogP contribution in [-0.4, -0.2) is 37.2 Å². The molecule has 0 aromatic heterocycles. The van der Waals surface area contributed by atoms with Crippen LogP contribution in [0.25, 0.3) is 12.2 Å². The lowest BCUT2D eigenvalue weighted by Crippen LogP contribution is -2.59. The lowest BCUT2D eigenvalue weighted by atomic mass is 9.59. The second-order valence-electron chi connectivity index (χ2n) is 10.2. The van der Waals surface area contributed by atoms with Crippen LogP contribution in [-0.2, 0) is 34.6 Å². The number of hydrogen-bond acceptors (Lipinski definition) is 6. The molecular weight excluding hydrogens is 444 g/mol. The molecular formula is C29H34O6. The molecule has 2 aromatic carbocycles. The summed E-state index contributed by atoms with van der Waals surface area (Å²) in [4.78, 5) is 35.7. The summed E-state index contributed by atoms with van der Waals surface area (Å²) in [5, 5.41) is 0. The van der Waals surface area contributed by atoms with Gasteiger partial charge in [0.1, 0.15) is 12.2 Å². The second-order valence-corrected chi connectivity index (χ2v) is 10.2. The van der Waals surface area contributed by atoms with E-state index in [1.807, 2.05) is 58.9 Å². The van der Waals surface area contributed by atoms with Crippen molar-refractivity contribution in [2.45, 2.75) is 71.5 Å². The number of ether oxygens (including phenoxy) is 3. The summed E-state index contributed by atoms with van der Waals surface area (Å²) in [5.41, 5.74) is 4.47. The van der Waals surface area contributed by atoms with Crippen molar-refractivity contribution in [3.63, 3.8) is 0 Å². The zero-order valence-electron chi connectivity index (χ0n) is 21.7. The lowest BCUT2D eigenvalue weighted by Gasteiger charge is -2.51. The Labute approximate surface area is 207 Å². The average Bonchev–Trinajstić information content (AvgIpc) is 2.78. The Morgan fingerprint density at radius 3 is 1.74 bits per heavy atom. The van der Waals surface area contributed by atoms with Crippen LogP contribution in [0.5, 0.6) is 0 Å². The van der Waals surface area contributed by atoms with Crippen molar-refractivity contribution in [3.05, 3.63) is 69.8 Å². The molecule has 35 heavy (non-hydrogen) atoms. The second kappa shape index (κ2) is 9.68. The summed E-state index contributed by atoms with van der Waals surface area (Å²) >= 11 is 0. The van der Waals surface area contributed by atoms with Crippen molar-refractivity contribution >= 4 is 30.1 Å². The Bertz CT molecular complexity index is 1170. The molecule has 0 unspecified atom stereocenters. The lowest BCUT2D eigenvalue weighted by molar-refractivity contribution is -0.179. The minimum absolute atomic E-state index is 0.370. The molecule has 0 aliphatic heterocycles. The zero-order valence-corrected chi connectivity index (χ0v) is 21.7. The molecule has 0 bridgehead atoms. The number of methoxy groups -OCH3 is 1. The third kappa shape index (κ3) is 5.16. The quantitative estimate of drug-likeness (QED) is 0.326. The first-order valence-electron chi connectivity index (χ1n) is 11.7. The molecule has 186 valence electrons. The fraction of sp³-hybridized carbons (Fsp3) is 0.414. The van der Waals surface area contributed by atoms with Crippen LogP contribution in [0.2, 0.25) is 0 Å². The van der Waals surface area contributed by atoms with Crippen LogP contribution in [0.3, 0.4) is 0 Å². The summed E-state index contributed by atoms with van der Waals surface area (Å²) in [5.74, 6) is -1.19. The van der Waals surface area contributed by atoms with Gasteiger partial charge in [0.15, 0.2) is 0 Å². The van der Waals surface area contributed by atoms with Crippen LogP contribution in [0, 0.1) is 6.92 Å². The molecule has 0 saturated heterocycles. The SMILES string of the molecule is COC(=O)c1ccc(C=Cc2cc3c(cc2C)C(C)(C)[C@@H](OC(C)=O)[C@@H](OC(C)=O)C3(C)C)cc1. The van der Waals surface area contributed by atoms with Crippen molar-refractivity contribution < 1.29 is 28.6 Å². The summed E-state index contributed by atoms with van der Waals surface area (Å²) in [7, 11) is 1.36. The summed E-state index contributed by atoms with van der Waals surface area (Å²) < 4.78 is 16.3. The summed E-state index contributed by atoms with van der Waals surface area (Å²) in [6.45, 7) is 12.9. The molecule has 0 saturated carbocycles. The van der Waals surface area contributed by atoms with Crippen molar-refractivity contribution in [1.82, 2.24) is 0 Å². The van der Waals surface area contributed by atoms with Crippen LogP contribution < -0.4 is 0 Å². The van der Waals surface area contributed by atoms with Crippen molar-refractivity contribution in [2.75, 3.05) is 7.11 Å². The number of benzene rings is 2. The van der Waals surface area contributed by atoms with Crippen LogP contribution in [0.15, 0.2) is 36.4 Å². The number of esters is 3. The number of rotatable bonds is 5. The van der Waals surface area contributed by atoms with E-state index in [4.69, 9.17) is 14.2 Å². The van der Waals surface area contributed by atoms with Gasteiger partial charge in [-0.2, -0.15) is 0 Å². The maximum Gasteiger partial charge on any atom is 0.337 e. The molecule has 0 radical (unpaired) electrons. The topological polar surface area (TPSA) is 78.9 Å². The van der Waals surface area contributed by atoms with Crippen molar-refractivity contribution in [1.29, 1.82) is 0 Å². The Balaban J connectivity index is 2.07. The Kier molecular flexibility index (Phi) is 7.25. The smallest absolute Gasteiger partial charge is 0.337 e. The molecule has 3 rings (SSSR count). The molecule has 0 N–H and O–H groups in total. The molecule has 0 fully saturated rings. The van der Waals surface area contributed by atoms with Gasteiger partial charge in [0.2, 0.25) is 0 Å². The average molecular weight is 479 g/mol. The molecule has 0 amide bonds. The van der Waals surface area contributed by atoms with E-state index in [0.29, 0.717) is 5.56 Å². The first-order chi connectivity index (χ1) is 16.3. The predicted octanol–water partition coefficient (Wildman–Crippen LogP) is 5.38. The number of carbonyl (C=O) groups excluding carboxylic acids is 3. The largest absolute Gasteiger partial charge is 0.465 e. The standard InChI is InChI=1S/C29H34O6/c1-17-15-23-24(16-22(17)14-11-20-9-12-21(13-10-20)27(32)33-8)29(6,7)26(35-19(3)31)25(28(23,4)5)34-18(2)30/h9-16,25-26H,1-8H3/t25-,26+/m0/s1. The van der Waals surface area contributed by atoms with E-state index in [2.05, 4.69) is 12.1 Å². The van der Waals surface area contributed by atoms with Crippen LogP contribution in [0.4, 0.5) is 0 Å². The molecule has 6 heteroatoms. The first kappa shape index (κ1) is 26.2. The molecule has 2 aromatic rings. The van der Waals surface area contributed by atoms with E-state index in [1.165, 1.54) is 21.0 Å². The minimum atomic E-state index is -0.642. The normalized spacial score (nSPS) is 20.1. The highest BCUT2D eigenvalue weighted by Crippen LogP contribution is 2.49. The fourth-order valence-corrected chi connectivity index (χ4v) is 4.84. The summed E-state index contributed by atoms with van der Waals surface area (Å²) in [6, 6.07) is 11.5. The van der Waals surface area contributed by atoms with Crippen molar-refractivity contribution in [2.24, 2.45) is 0 Å². The highest BCUT2D eigenvalue weighted by atomic mass is 16.6. The van der Waals surface area contributed by atoms with Gasteiger partial charge in [-0.05, 0) is 46.9 Å². The van der Waals surface area contributed by atoms with Crippen LogP contribution >= 0.6 is 0 Å². The van der Waals surface area contributed by atoms with E-state index >= 15 is 0 Å². The molecule has 0 heterocycles. The summed E-state index contributed by atoms with van der Waals surface area (Å²) in [6.07, 6.45) is 2.75. The van der Waals surface area contributed by atoms with E-state index in [0.717, 1.165) is 27.8 Å². The number of carbonyl (C=O) groups is 3. The van der Waals surface area contributed by atoms with Gasteiger partial charge in [0.05, 0.1) is 12.7 Å². The third-order valence-corrected chi connectivity index (χ3v) is 6.87. The first-order valence-corrected chi connectivity index (χ1v) is 11.7. The number of aryl methyl sites for hydroxylation is 1. The Morgan fingerprint density at radius 2 is 1.29 bits per heavy atom. The molecule has 1 aliphatic rings. The Morgan fingerprint density at radius 1 is 0.800 bits per heavy atom. The van der Waals surface area contributed by atoms with Gasteiger partial charge in [-0.3, -0.25) is 9.59 Å². The van der Waals surface area contributed by atoms with Gasteiger partial charge in [0, 0.05) is 24.7 Å². The minimum Gasteiger partial charge on any atom is -0.465 e. The maximum atomic E-state index is 12.0. The Hall–Kier alpha value is -3.41. The van der Waals surface area contributed by atoms with Gasteiger partial charge in [-0.25, -0.2) is 4.79 Å². The number of fused-ring (bicyclic) bond motifs is 1. The maximum absolute atomic E-state index is 12.0. The highest BCUT2D eigenvalue weighted by Gasteiger charge is 2.55. The van der Waals surface area contributed by atoms with Gasteiger partial charge in [0.25, 0.3) is 0 Å². The molecule has 2 atom stereocenters. The van der Waals surface area contributed by atoms with Crippen LogP contribution in [0.1, 0.15) is 79.7 Å². The van der Waals surface area contributed by atoms with E-state index in [9.17, 15) is 14.4 Å². The third-order valence-electron chi connectivity index (χ3n) is 6.87. The van der Waals surface area contributed by atoms with Gasteiger partial charge < -0.3 is 14.2 Å². The zero-order chi connectivity index (χ0) is 26.1. The van der Waals surface area contributed by atoms with Crippen molar-refractivity contribution in [3.8, 4) is 0 Å². The van der Waals surface area contributed by atoms with Gasteiger partial charge in [-0.15, -0.1) is 0 Å². The fourth-order valence-electron chi connectivity index (χ4n) is 4.84. The van der Waals surface area contributed by atoms with E-state index < -0.39 is 35.0 Å². The monoisotopic (exact) mass is 478 g/mol.